The summed E-state index contributed by atoms with van der Waals surface area (Å²) < 4.78 is 0. The van der Waals surface area contributed by atoms with Crippen molar-refractivity contribution in [3.8, 4) is 44.5 Å². The highest BCUT2D eigenvalue weighted by Crippen LogP contribution is 2.64. The lowest BCUT2D eigenvalue weighted by Gasteiger charge is -2.33. The van der Waals surface area contributed by atoms with Gasteiger partial charge in [0.15, 0.2) is 0 Å². The number of nitrogens with zero attached hydrogens (tertiary/aromatic N) is 1. The highest BCUT2D eigenvalue weighted by atomic mass is 15.1. The molecule has 3 aliphatic carbocycles. The number of hydrogen-bond donors (Lipinski definition) is 0. The highest BCUT2D eigenvalue weighted by Gasteiger charge is 2.52. The lowest BCUT2D eigenvalue weighted by atomic mass is 9.70. The smallest absolute Gasteiger partial charge is 0.0726 e. The molecule has 0 N–H and O–H groups in total. The van der Waals surface area contributed by atoms with E-state index in [1.807, 2.05) is 0 Å². The van der Waals surface area contributed by atoms with E-state index >= 15 is 0 Å². The molecule has 0 spiro atoms. The van der Waals surface area contributed by atoms with Crippen molar-refractivity contribution < 1.29 is 0 Å². The highest BCUT2D eigenvalue weighted by molar-refractivity contribution is 6.00. The third-order valence-electron chi connectivity index (χ3n) is 12.3. The Labute approximate surface area is 311 Å². The van der Waals surface area contributed by atoms with Crippen LogP contribution in [0.25, 0.3) is 44.5 Å². The average molecular weight is 676 g/mol. The SMILES string of the molecule is CC1(C)c2ccccc2-c2ccc(N(c3ccc(-c4ccccc4)cc3)c3ccc4c(c3)C3(c5ccccc5)c5ccccc5-c5cccc-4c53)cc21. The molecule has 3 aliphatic rings. The molecule has 0 heterocycles. The molecule has 0 amide bonds. The summed E-state index contributed by atoms with van der Waals surface area (Å²) in [4.78, 5) is 2.47. The average Bonchev–Trinajstić information content (AvgIpc) is 3.78. The molecule has 1 unspecified atom stereocenters. The maximum atomic E-state index is 2.49. The summed E-state index contributed by atoms with van der Waals surface area (Å²) in [5, 5.41) is 0. The van der Waals surface area contributed by atoms with Crippen LogP contribution in [0.2, 0.25) is 0 Å². The monoisotopic (exact) mass is 675 g/mol. The summed E-state index contributed by atoms with van der Waals surface area (Å²) in [6, 6.07) is 70.1. The van der Waals surface area contributed by atoms with Gasteiger partial charge in [-0.3, -0.25) is 0 Å². The Bertz CT molecular complexity index is 2740. The molecule has 0 aliphatic heterocycles. The van der Waals surface area contributed by atoms with Crippen LogP contribution in [0, 0.1) is 0 Å². The van der Waals surface area contributed by atoms with E-state index in [2.05, 4.69) is 207 Å². The van der Waals surface area contributed by atoms with E-state index < -0.39 is 5.41 Å². The Morgan fingerprint density at radius 1 is 0.340 bits per heavy atom. The van der Waals surface area contributed by atoms with E-state index in [1.165, 1.54) is 77.9 Å². The minimum absolute atomic E-state index is 0.105. The van der Waals surface area contributed by atoms with Gasteiger partial charge in [0, 0.05) is 22.5 Å². The van der Waals surface area contributed by atoms with Crippen LogP contribution in [0.15, 0.2) is 188 Å². The zero-order valence-electron chi connectivity index (χ0n) is 29.8. The van der Waals surface area contributed by atoms with Gasteiger partial charge >= 0.3 is 0 Å². The van der Waals surface area contributed by atoms with Gasteiger partial charge in [-0.1, -0.05) is 166 Å². The van der Waals surface area contributed by atoms with Gasteiger partial charge in [-0.2, -0.15) is 0 Å². The zero-order chi connectivity index (χ0) is 35.3. The lowest BCUT2D eigenvalue weighted by molar-refractivity contribution is 0.660. The molecule has 0 fully saturated rings. The van der Waals surface area contributed by atoms with Gasteiger partial charge in [-0.05, 0) is 114 Å². The number of anilines is 3. The molecule has 250 valence electrons. The van der Waals surface area contributed by atoms with Crippen LogP contribution in [0.3, 0.4) is 0 Å². The van der Waals surface area contributed by atoms with Crippen molar-refractivity contribution in [1.29, 1.82) is 0 Å². The third-order valence-corrected chi connectivity index (χ3v) is 12.3. The second kappa shape index (κ2) is 11.0. The maximum absolute atomic E-state index is 2.49. The molecule has 1 atom stereocenters. The summed E-state index contributed by atoms with van der Waals surface area (Å²) in [5.41, 5.74) is 21.5. The topological polar surface area (TPSA) is 3.24 Å². The van der Waals surface area contributed by atoms with Crippen molar-refractivity contribution in [2.45, 2.75) is 24.7 Å². The molecular weight excluding hydrogens is 639 g/mol. The molecule has 1 heteroatoms. The zero-order valence-corrected chi connectivity index (χ0v) is 29.8. The predicted molar refractivity (Wildman–Crippen MR) is 220 cm³/mol. The minimum Gasteiger partial charge on any atom is -0.310 e. The van der Waals surface area contributed by atoms with Gasteiger partial charge in [0.2, 0.25) is 0 Å². The third kappa shape index (κ3) is 4.08. The number of rotatable bonds is 5. The summed E-state index contributed by atoms with van der Waals surface area (Å²) in [6.45, 7) is 4.73. The Morgan fingerprint density at radius 2 is 0.811 bits per heavy atom. The van der Waals surface area contributed by atoms with Crippen molar-refractivity contribution in [3.63, 3.8) is 0 Å². The molecule has 0 aromatic heterocycles. The van der Waals surface area contributed by atoms with Crippen LogP contribution >= 0.6 is 0 Å². The Hall–Kier alpha value is -6.44. The summed E-state index contributed by atoms with van der Waals surface area (Å²) in [5.74, 6) is 0. The van der Waals surface area contributed by atoms with E-state index in [-0.39, 0.29) is 5.41 Å². The predicted octanol–water partition coefficient (Wildman–Crippen LogP) is 13.5. The first-order valence-electron chi connectivity index (χ1n) is 18.7. The Balaban J connectivity index is 1.15. The standard InChI is InChI=1S/C52H37N/c1-51(2)46-22-11-9-18-40(46)42-30-28-38(32-48(42)51)53(37-26-24-35(25-27-37)34-14-5-3-6-15-34)39-29-31-43-45-21-13-20-44-41-19-10-12-23-47(41)52(50(44)45,49(43)33-39)36-16-7-4-8-17-36/h3-33H,1-2H3. The molecule has 53 heavy (non-hydrogen) atoms. The van der Waals surface area contributed by atoms with E-state index in [0.29, 0.717) is 0 Å². The van der Waals surface area contributed by atoms with E-state index in [1.54, 1.807) is 0 Å². The molecule has 0 radical (unpaired) electrons. The van der Waals surface area contributed by atoms with Gasteiger partial charge in [0.25, 0.3) is 0 Å². The van der Waals surface area contributed by atoms with Gasteiger partial charge in [0.1, 0.15) is 0 Å². The first kappa shape index (κ1) is 30.2. The fourth-order valence-electron chi connectivity index (χ4n) is 9.94. The molecule has 11 rings (SSSR count). The molecule has 0 saturated heterocycles. The second-order valence-electron chi connectivity index (χ2n) is 15.3. The molecular formula is C52H37N. The Morgan fingerprint density at radius 3 is 1.49 bits per heavy atom. The van der Waals surface area contributed by atoms with Crippen molar-refractivity contribution in [2.75, 3.05) is 4.90 Å². The van der Waals surface area contributed by atoms with Crippen LogP contribution in [0.4, 0.5) is 17.1 Å². The Kier molecular flexibility index (Phi) is 6.29. The van der Waals surface area contributed by atoms with Crippen molar-refractivity contribution in [3.05, 3.63) is 221 Å². The van der Waals surface area contributed by atoms with Crippen molar-refractivity contribution in [1.82, 2.24) is 0 Å². The number of benzene rings is 8. The first-order chi connectivity index (χ1) is 26.0. The first-order valence-corrected chi connectivity index (χ1v) is 18.7. The fourth-order valence-corrected chi connectivity index (χ4v) is 9.94. The molecule has 1 nitrogen and oxygen atoms in total. The fraction of sp³-hybridized carbons (Fsp3) is 0.0769. The maximum Gasteiger partial charge on any atom is 0.0726 e. The van der Waals surface area contributed by atoms with Gasteiger partial charge < -0.3 is 4.90 Å². The van der Waals surface area contributed by atoms with Crippen LogP contribution in [0.1, 0.15) is 47.2 Å². The quantitative estimate of drug-likeness (QED) is 0.175. The summed E-state index contributed by atoms with van der Waals surface area (Å²) in [7, 11) is 0. The van der Waals surface area contributed by atoms with E-state index in [0.717, 1.165) is 17.1 Å². The second-order valence-corrected chi connectivity index (χ2v) is 15.3. The number of hydrogen-bond acceptors (Lipinski definition) is 1. The molecule has 8 aromatic carbocycles. The minimum atomic E-state index is -0.403. The lowest BCUT2D eigenvalue weighted by Crippen LogP contribution is -2.26. The molecule has 0 bridgehead atoms. The summed E-state index contributed by atoms with van der Waals surface area (Å²) in [6.07, 6.45) is 0. The number of fused-ring (bicyclic) bond motifs is 9. The largest absolute Gasteiger partial charge is 0.310 e. The molecule has 0 saturated carbocycles. The van der Waals surface area contributed by atoms with Gasteiger partial charge in [-0.15, -0.1) is 0 Å². The van der Waals surface area contributed by atoms with Crippen molar-refractivity contribution in [2.24, 2.45) is 0 Å². The van der Waals surface area contributed by atoms with Crippen LogP contribution in [-0.2, 0) is 10.8 Å². The van der Waals surface area contributed by atoms with E-state index in [4.69, 9.17) is 0 Å². The van der Waals surface area contributed by atoms with Crippen LogP contribution in [0.5, 0.6) is 0 Å². The van der Waals surface area contributed by atoms with Crippen LogP contribution in [-0.4, -0.2) is 0 Å². The summed E-state index contributed by atoms with van der Waals surface area (Å²) >= 11 is 0. The molecule has 8 aromatic rings. The van der Waals surface area contributed by atoms with Crippen molar-refractivity contribution >= 4 is 17.1 Å². The normalized spacial score (nSPS) is 16.3. The van der Waals surface area contributed by atoms with Crippen LogP contribution < -0.4 is 4.90 Å². The van der Waals surface area contributed by atoms with E-state index in [9.17, 15) is 0 Å². The van der Waals surface area contributed by atoms with Gasteiger partial charge in [-0.25, -0.2) is 0 Å². The van der Waals surface area contributed by atoms with Gasteiger partial charge in [0.05, 0.1) is 5.41 Å².